The van der Waals surface area contributed by atoms with E-state index < -0.39 is 0 Å². The normalized spacial score (nSPS) is 15.8. The summed E-state index contributed by atoms with van der Waals surface area (Å²) in [7, 11) is 1.91. The van der Waals surface area contributed by atoms with Gasteiger partial charge in [-0.2, -0.15) is 0 Å². The van der Waals surface area contributed by atoms with Crippen LogP contribution in [0.25, 0.3) is 0 Å². The van der Waals surface area contributed by atoms with Crippen LogP contribution >= 0.6 is 0 Å². The minimum absolute atomic E-state index is 0.176. The summed E-state index contributed by atoms with van der Waals surface area (Å²) in [5, 5.41) is 0. The van der Waals surface area contributed by atoms with Gasteiger partial charge in [0.15, 0.2) is 0 Å². The van der Waals surface area contributed by atoms with E-state index in [1.54, 1.807) is 0 Å². The second kappa shape index (κ2) is 6.29. The molecule has 2 rings (SSSR count). The number of amides is 1. The average Bonchev–Trinajstić information content (AvgIpc) is 3.25. The van der Waals surface area contributed by atoms with Crippen LogP contribution in [0.5, 0.6) is 5.75 Å². The maximum Gasteiger partial charge on any atom is 0.225 e. The lowest BCUT2D eigenvalue weighted by Crippen LogP contribution is -2.37. The van der Waals surface area contributed by atoms with Crippen molar-refractivity contribution in [1.82, 2.24) is 4.90 Å². The molecule has 3 nitrogen and oxygen atoms in total. The SMILES string of the molecule is Cc1ccc(C)c(OCCC(=O)N(C)C(C)C2CC2)c1. The molecule has 0 aromatic heterocycles. The third-order valence-electron chi connectivity index (χ3n) is 4.23. The van der Waals surface area contributed by atoms with Crippen LogP contribution in [-0.4, -0.2) is 30.5 Å². The Morgan fingerprint density at radius 3 is 2.75 bits per heavy atom. The van der Waals surface area contributed by atoms with Crippen LogP contribution in [0.4, 0.5) is 0 Å². The number of carbonyl (C=O) groups excluding carboxylic acids is 1. The number of aryl methyl sites for hydroxylation is 2. The zero-order valence-electron chi connectivity index (χ0n) is 13.0. The molecule has 110 valence electrons. The van der Waals surface area contributed by atoms with Crippen molar-refractivity contribution >= 4 is 5.91 Å². The van der Waals surface area contributed by atoms with Crippen molar-refractivity contribution in [3.8, 4) is 5.75 Å². The van der Waals surface area contributed by atoms with Gasteiger partial charge in [-0.05, 0) is 56.7 Å². The number of nitrogens with zero attached hydrogens (tertiary/aromatic N) is 1. The highest BCUT2D eigenvalue weighted by molar-refractivity contribution is 5.76. The van der Waals surface area contributed by atoms with Crippen molar-refractivity contribution < 1.29 is 9.53 Å². The van der Waals surface area contributed by atoms with Gasteiger partial charge in [-0.1, -0.05) is 12.1 Å². The maximum absolute atomic E-state index is 12.1. The average molecular weight is 275 g/mol. The highest BCUT2D eigenvalue weighted by atomic mass is 16.5. The van der Waals surface area contributed by atoms with Crippen molar-refractivity contribution in [2.75, 3.05) is 13.7 Å². The Morgan fingerprint density at radius 2 is 2.10 bits per heavy atom. The number of hydrogen-bond donors (Lipinski definition) is 0. The third-order valence-corrected chi connectivity index (χ3v) is 4.23. The lowest BCUT2D eigenvalue weighted by Gasteiger charge is -2.25. The second-order valence-electron chi connectivity index (χ2n) is 5.95. The van der Waals surface area contributed by atoms with Crippen LogP contribution in [-0.2, 0) is 4.79 Å². The molecule has 1 saturated carbocycles. The molecule has 0 N–H and O–H groups in total. The highest BCUT2D eigenvalue weighted by Gasteiger charge is 2.32. The first kappa shape index (κ1) is 14.9. The van der Waals surface area contributed by atoms with Gasteiger partial charge in [0.1, 0.15) is 5.75 Å². The van der Waals surface area contributed by atoms with Crippen molar-refractivity contribution in [2.24, 2.45) is 5.92 Å². The summed E-state index contributed by atoms with van der Waals surface area (Å²) in [6.45, 7) is 6.66. The van der Waals surface area contributed by atoms with Gasteiger partial charge in [0.05, 0.1) is 13.0 Å². The molecule has 1 aromatic rings. The molecule has 0 spiro atoms. The van der Waals surface area contributed by atoms with E-state index in [4.69, 9.17) is 4.74 Å². The maximum atomic E-state index is 12.1. The fourth-order valence-corrected chi connectivity index (χ4v) is 2.41. The van der Waals surface area contributed by atoms with Crippen LogP contribution in [0.2, 0.25) is 0 Å². The minimum Gasteiger partial charge on any atom is -0.493 e. The fraction of sp³-hybridized carbons (Fsp3) is 0.588. The van der Waals surface area contributed by atoms with Crippen molar-refractivity contribution in [2.45, 2.75) is 46.1 Å². The van der Waals surface area contributed by atoms with Gasteiger partial charge in [-0.3, -0.25) is 4.79 Å². The van der Waals surface area contributed by atoms with E-state index in [0.29, 0.717) is 25.0 Å². The first-order chi connectivity index (χ1) is 9.49. The van der Waals surface area contributed by atoms with Crippen LogP contribution in [0.1, 0.15) is 37.3 Å². The Labute approximate surface area is 121 Å². The van der Waals surface area contributed by atoms with E-state index in [0.717, 1.165) is 11.3 Å². The summed E-state index contributed by atoms with van der Waals surface area (Å²) in [5.74, 6) is 1.77. The smallest absolute Gasteiger partial charge is 0.225 e. The quantitative estimate of drug-likeness (QED) is 0.797. The van der Waals surface area contributed by atoms with Crippen molar-refractivity contribution in [3.63, 3.8) is 0 Å². The summed E-state index contributed by atoms with van der Waals surface area (Å²) in [6.07, 6.45) is 2.97. The standard InChI is InChI=1S/C17H25NO2/c1-12-5-6-13(2)16(11-12)20-10-9-17(19)18(4)14(3)15-7-8-15/h5-6,11,14-15H,7-10H2,1-4H3. The monoisotopic (exact) mass is 275 g/mol. The zero-order valence-corrected chi connectivity index (χ0v) is 13.0. The molecule has 0 radical (unpaired) electrons. The van der Waals surface area contributed by atoms with E-state index in [2.05, 4.69) is 13.0 Å². The molecule has 0 aliphatic heterocycles. The number of carbonyl (C=O) groups is 1. The first-order valence-corrected chi connectivity index (χ1v) is 7.44. The lowest BCUT2D eigenvalue weighted by molar-refractivity contribution is -0.132. The molecule has 1 aromatic carbocycles. The number of ether oxygens (including phenoxy) is 1. The Morgan fingerprint density at radius 1 is 1.40 bits per heavy atom. The highest BCUT2D eigenvalue weighted by Crippen LogP contribution is 2.34. The van der Waals surface area contributed by atoms with E-state index in [1.165, 1.54) is 18.4 Å². The van der Waals surface area contributed by atoms with Gasteiger partial charge in [-0.25, -0.2) is 0 Å². The van der Waals surface area contributed by atoms with Gasteiger partial charge in [0, 0.05) is 13.1 Å². The summed E-state index contributed by atoms with van der Waals surface area (Å²) >= 11 is 0. The molecule has 1 unspecified atom stereocenters. The first-order valence-electron chi connectivity index (χ1n) is 7.44. The molecule has 0 bridgehead atoms. The number of benzene rings is 1. The summed E-state index contributed by atoms with van der Waals surface area (Å²) in [5.41, 5.74) is 2.29. The van der Waals surface area contributed by atoms with Gasteiger partial charge in [0.25, 0.3) is 0 Å². The largest absolute Gasteiger partial charge is 0.493 e. The van der Waals surface area contributed by atoms with Gasteiger partial charge >= 0.3 is 0 Å². The molecule has 3 heteroatoms. The van der Waals surface area contributed by atoms with Crippen LogP contribution < -0.4 is 4.74 Å². The summed E-state index contributed by atoms with van der Waals surface area (Å²) in [4.78, 5) is 14.0. The summed E-state index contributed by atoms with van der Waals surface area (Å²) in [6, 6.07) is 6.51. The molecular weight excluding hydrogens is 250 g/mol. The topological polar surface area (TPSA) is 29.5 Å². The predicted octanol–water partition coefficient (Wildman–Crippen LogP) is 3.33. The van der Waals surface area contributed by atoms with E-state index >= 15 is 0 Å². The summed E-state index contributed by atoms with van der Waals surface area (Å²) < 4.78 is 5.75. The van der Waals surface area contributed by atoms with Crippen LogP contribution in [0.15, 0.2) is 18.2 Å². The second-order valence-corrected chi connectivity index (χ2v) is 5.95. The van der Waals surface area contributed by atoms with Crippen LogP contribution in [0.3, 0.4) is 0 Å². The molecule has 20 heavy (non-hydrogen) atoms. The zero-order chi connectivity index (χ0) is 14.7. The Balaban J connectivity index is 1.80. The van der Waals surface area contributed by atoms with E-state index in [1.807, 2.05) is 37.9 Å². The Kier molecular flexibility index (Phi) is 4.69. The van der Waals surface area contributed by atoms with Crippen molar-refractivity contribution in [1.29, 1.82) is 0 Å². The number of hydrogen-bond acceptors (Lipinski definition) is 2. The third kappa shape index (κ3) is 3.75. The van der Waals surface area contributed by atoms with Crippen molar-refractivity contribution in [3.05, 3.63) is 29.3 Å². The fourth-order valence-electron chi connectivity index (χ4n) is 2.41. The minimum atomic E-state index is 0.176. The lowest BCUT2D eigenvalue weighted by atomic mass is 10.1. The Bertz CT molecular complexity index is 480. The van der Waals surface area contributed by atoms with Crippen LogP contribution in [0, 0.1) is 19.8 Å². The molecule has 1 atom stereocenters. The molecule has 0 heterocycles. The number of rotatable bonds is 6. The van der Waals surface area contributed by atoms with E-state index in [9.17, 15) is 4.79 Å². The van der Waals surface area contributed by atoms with Gasteiger partial charge in [-0.15, -0.1) is 0 Å². The van der Waals surface area contributed by atoms with Gasteiger partial charge in [0.2, 0.25) is 5.91 Å². The molecule has 1 fully saturated rings. The molecule has 1 amide bonds. The molecule has 1 aliphatic rings. The molecule has 0 saturated heterocycles. The molecular formula is C17H25NO2. The molecule has 1 aliphatic carbocycles. The Hall–Kier alpha value is -1.51. The predicted molar refractivity (Wildman–Crippen MR) is 81.0 cm³/mol. The van der Waals surface area contributed by atoms with Gasteiger partial charge < -0.3 is 9.64 Å². The van der Waals surface area contributed by atoms with E-state index in [-0.39, 0.29) is 5.91 Å².